The van der Waals surface area contributed by atoms with Gasteiger partial charge in [-0.15, -0.1) is 0 Å². The molecule has 6 heteroatoms. The minimum absolute atomic E-state index is 0.00159. The Morgan fingerprint density at radius 1 is 1.26 bits per heavy atom. The summed E-state index contributed by atoms with van der Waals surface area (Å²) in [5.74, 6) is 0. The van der Waals surface area contributed by atoms with Crippen LogP contribution >= 0.6 is 0 Å². The van der Waals surface area contributed by atoms with E-state index >= 15 is 0 Å². The van der Waals surface area contributed by atoms with Gasteiger partial charge >= 0.3 is 0 Å². The summed E-state index contributed by atoms with van der Waals surface area (Å²) in [4.78, 5) is 0. The highest BCUT2D eigenvalue weighted by atomic mass is 32.2. The first kappa shape index (κ1) is 18.0. The minimum atomic E-state index is -3.43. The quantitative estimate of drug-likeness (QED) is 0.835. The summed E-state index contributed by atoms with van der Waals surface area (Å²) in [5.41, 5.74) is 2.04. The molecule has 0 spiro atoms. The van der Waals surface area contributed by atoms with Crippen molar-refractivity contribution in [3.63, 3.8) is 0 Å². The summed E-state index contributed by atoms with van der Waals surface area (Å²) in [6, 6.07) is 7.69. The number of ether oxygens (including phenoxy) is 1. The number of methoxy groups -OCH3 is 1. The Morgan fingerprint density at radius 3 is 2.11 bits per heavy atom. The molecule has 1 atom stereocenters. The molecule has 1 N–H and O–H groups in total. The predicted octanol–water partition coefficient (Wildman–Crippen LogP) is 1.66. The fourth-order valence-electron chi connectivity index (χ4n) is 1.27. The lowest BCUT2D eigenvalue weighted by atomic mass is 10.1. The van der Waals surface area contributed by atoms with Crippen LogP contribution in [0.3, 0.4) is 0 Å². The lowest BCUT2D eigenvalue weighted by Gasteiger charge is -2.15. The van der Waals surface area contributed by atoms with Crippen LogP contribution in [-0.2, 0) is 19.0 Å². The van der Waals surface area contributed by atoms with Gasteiger partial charge in [0, 0.05) is 13.7 Å². The van der Waals surface area contributed by atoms with Crippen LogP contribution in [0.25, 0.3) is 0 Å². The Labute approximate surface area is 115 Å². The van der Waals surface area contributed by atoms with E-state index in [1.807, 2.05) is 31.2 Å². The second kappa shape index (κ2) is 9.03. The van der Waals surface area contributed by atoms with Crippen molar-refractivity contribution in [2.24, 2.45) is 0 Å². The first-order valence-electron chi connectivity index (χ1n) is 5.88. The number of aliphatic hydroxyl groups excluding tert-OH is 1. The van der Waals surface area contributed by atoms with E-state index in [0.29, 0.717) is 0 Å². The number of aliphatic hydroxyl groups is 1. The van der Waals surface area contributed by atoms with Gasteiger partial charge in [-0.05, 0) is 19.4 Å². The van der Waals surface area contributed by atoms with Crippen LogP contribution in [0.15, 0.2) is 24.3 Å². The van der Waals surface area contributed by atoms with Gasteiger partial charge in [0.2, 0.25) is 0 Å². The van der Waals surface area contributed by atoms with Gasteiger partial charge < -0.3 is 9.84 Å². The molecule has 5 nitrogen and oxygen atoms in total. The molecule has 1 aromatic carbocycles. The molecule has 0 amide bonds. The number of hydrogen-bond donors (Lipinski definition) is 1. The van der Waals surface area contributed by atoms with Gasteiger partial charge in [-0.2, -0.15) is 8.42 Å². The molecule has 0 radical (unpaired) electrons. The average molecular weight is 290 g/mol. The third kappa shape index (κ3) is 8.72. The van der Waals surface area contributed by atoms with Gasteiger partial charge in [0.1, 0.15) is 6.10 Å². The highest BCUT2D eigenvalue weighted by molar-refractivity contribution is 7.85. The number of rotatable bonds is 5. The van der Waals surface area contributed by atoms with Crippen LogP contribution in [0.1, 0.15) is 24.2 Å². The summed E-state index contributed by atoms with van der Waals surface area (Å²) in [7, 11) is -1.90. The van der Waals surface area contributed by atoms with Crippen LogP contribution in [0.5, 0.6) is 0 Å². The van der Waals surface area contributed by atoms with Crippen molar-refractivity contribution in [3.05, 3.63) is 35.4 Å². The van der Waals surface area contributed by atoms with Crippen molar-refractivity contribution >= 4 is 10.1 Å². The highest BCUT2D eigenvalue weighted by Gasteiger charge is 2.13. The van der Waals surface area contributed by atoms with E-state index in [1.165, 1.54) is 7.11 Å². The van der Waals surface area contributed by atoms with Crippen molar-refractivity contribution in [1.82, 2.24) is 0 Å². The molecule has 1 rings (SSSR count). The van der Waals surface area contributed by atoms with Gasteiger partial charge in [0.05, 0.1) is 12.9 Å². The average Bonchev–Trinajstić information content (AvgIpc) is 2.32. The zero-order chi connectivity index (χ0) is 14.9. The first-order valence-corrected chi connectivity index (χ1v) is 7.70. The predicted molar refractivity (Wildman–Crippen MR) is 74.5 cm³/mol. The van der Waals surface area contributed by atoms with Crippen LogP contribution in [0.2, 0.25) is 0 Å². The van der Waals surface area contributed by atoms with Gasteiger partial charge in [-0.1, -0.05) is 29.8 Å². The molecular formula is C13H22O5S. The molecule has 0 aromatic heterocycles. The third-order valence-electron chi connectivity index (χ3n) is 2.17. The molecule has 110 valence electrons. The van der Waals surface area contributed by atoms with E-state index < -0.39 is 10.1 Å². The molecule has 1 unspecified atom stereocenters. The second-order valence-electron chi connectivity index (χ2n) is 3.94. The fourth-order valence-corrected chi connectivity index (χ4v) is 1.64. The molecule has 19 heavy (non-hydrogen) atoms. The molecule has 0 heterocycles. The highest BCUT2D eigenvalue weighted by Crippen LogP contribution is 2.18. The summed E-state index contributed by atoms with van der Waals surface area (Å²) in [5, 5.41) is 7.57. The first-order chi connectivity index (χ1) is 8.84. The monoisotopic (exact) mass is 290 g/mol. The molecular weight excluding hydrogens is 268 g/mol. The van der Waals surface area contributed by atoms with Crippen molar-refractivity contribution in [3.8, 4) is 0 Å². The van der Waals surface area contributed by atoms with Crippen molar-refractivity contribution < 1.29 is 22.4 Å². The van der Waals surface area contributed by atoms with Crippen LogP contribution in [0.4, 0.5) is 0 Å². The Kier molecular flexibility index (Phi) is 8.58. The van der Waals surface area contributed by atoms with Gasteiger partial charge in [0.25, 0.3) is 10.1 Å². The Bertz CT molecular complexity index is 439. The molecule has 0 saturated heterocycles. The maximum atomic E-state index is 10.9. The standard InChI is InChI=1S/C11H16O4S.C2H6O/c1-9-4-6-10(7-5-9)11(14-2)8-15-16(3,12)13;1-2-3/h4-7,11H,8H2,1-3H3;3H,2H2,1H3. The van der Waals surface area contributed by atoms with E-state index in [-0.39, 0.29) is 19.3 Å². The Hall–Kier alpha value is -0.950. The maximum absolute atomic E-state index is 10.9. The molecule has 0 fully saturated rings. The molecule has 0 aliphatic heterocycles. The van der Waals surface area contributed by atoms with Gasteiger partial charge in [-0.3, -0.25) is 4.18 Å². The summed E-state index contributed by atoms with van der Waals surface area (Å²) < 4.78 is 31.6. The van der Waals surface area contributed by atoms with Crippen molar-refractivity contribution in [2.75, 3.05) is 26.6 Å². The number of aryl methyl sites for hydroxylation is 1. The van der Waals surface area contributed by atoms with Gasteiger partial charge in [-0.25, -0.2) is 0 Å². The second-order valence-corrected chi connectivity index (χ2v) is 5.58. The normalized spacial score (nSPS) is 12.5. The van der Waals surface area contributed by atoms with Crippen LogP contribution in [-0.4, -0.2) is 40.1 Å². The molecule has 0 bridgehead atoms. The van der Waals surface area contributed by atoms with E-state index in [0.717, 1.165) is 17.4 Å². The van der Waals surface area contributed by atoms with Crippen molar-refractivity contribution in [2.45, 2.75) is 20.0 Å². The van der Waals surface area contributed by atoms with Crippen LogP contribution in [0, 0.1) is 6.92 Å². The topological polar surface area (TPSA) is 72.8 Å². The van der Waals surface area contributed by atoms with Crippen molar-refractivity contribution in [1.29, 1.82) is 0 Å². The molecule has 0 aliphatic carbocycles. The minimum Gasteiger partial charge on any atom is -0.397 e. The lowest BCUT2D eigenvalue weighted by Crippen LogP contribution is -2.13. The third-order valence-corrected chi connectivity index (χ3v) is 2.73. The zero-order valence-electron chi connectivity index (χ0n) is 11.8. The molecule has 0 aliphatic rings. The fraction of sp³-hybridized carbons (Fsp3) is 0.538. The smallest absolute Gasteiger partial charge is 0.264 e. The van der Waals surface area contributed by atoms with E-state index in [9.17, 15) is 8.42 Å². The number of benzene rings is 1. The SMILES string of the molecule is CCO.COC(COS(C)(=O)=O)c1ccc(C)cc1. The largest absolute Gasteiger partial charge is 0.397 e. The van der Waals surface area contributed by atoms with Gasteiger partial charge in [0.15, 0.2) is 0 Å². The maximum Gasteiger partial charge on any atom is 0.264 e. The molecule has 0 saturated carbocycles. The van der Waals surface area contributed by atoms with Crippen LogP contribution < -0.4 is 0 Å². The zero-order valence-corrected chi connectivity index (χ0v) is 12.6. The van der Waals surface area contributed by atoms with E-state index in [2.05, 4.69) is 0 Å². The Balaban J connectivity index is 0.000000982. The summed E-state index contributed by atoms with van der Waals surface area (Å²) in [6.45, 7) is 3.91. The van der Waals surface area contributed by atoms with E-state index in [1.54, 1.807) is 6.92 Å². The summed E-state index contributed by atoms with van der Waals surface area (Å²) >= 11 is 0. The summed E-state index contributed by atoms with van der Waals surface area (Å²) in [6.07, 6.45) is 0.657. The Morgan fingerprint density at radius 2 is 1.74 bits per heavy atom. The lowest BCUT2D eigenvalue weighted by molar-refractivity contribution is 0.0602. The number of hydrogen-bond acceptors (Lipinski definition) is 5. The molecule has 1 aromatic rings. The van der Waals surface area contributed by atoms with E-state index in [4.69, 9.17) is 14.0 Å².